The highest BCUT2D eigenvalue weighted by Gasteiger charge is 2.13. The number of carbonyl (C=O) groups is 1. The van der Waals surface area contributed by atoms with Crippen LogP contribution in [0.3, 0.4) is 0 Å². The van der Waals surface area contributed by atoms with Gasteiger partial charge in [-0.1, -0.05) is 29.3 Å². The predicted molar refractivity (Wildman–Crippen MR) is 104 cm³/mol. The van der Waals surface area contributed by atoms with Crippen molar-refractivity contribution in [2.24, 2.45) is 0 Å². The minimum atomic E-state index is -0.403. The minimum absolute atomic E-state index is 0.157. The van der Waals surface area contributed by atoms with Crippen molar-refractivity contribution in [3.8, 4) is 0 Å². The molecule has 1 amide bonds. The van der Waals surface area contributed by atoms with Crippen LogP contribution in [0.1, 0.15) is 15.9 Å². The number of halogens is 3. The highest BCUT2D eigenvalue weighted by atomic mass is 35.5. The first-order valence-electron chi connectivity index (χ1n) is 7.58. The fourth-order valence-corrected chi connectivity index (χ4v) is 3.23. The second-order valence-corrected chi connectivity index (χ2v) is 7.12. The molecule has 26 heavy (non-hydrogen) atoms. The summed E-state index contributed by atoms with van der Waals surface area (Å²) in [4.78, 5) is 13.4. The molecule has 3 rings (SSSR count). The third-order valence-corrected chi connectivity index (χ3v) is 5.10. The largest absolute Gasteiger partial charge is 0.319 e. The molecule has 0 aliphatic carbocycles. The van der Waals surface area contributed by atoms with Crippen molar-refractivity contribution in [3.05, 3.63) is 75.8 Å². The van der Waals surface area contributed by atoms with E-state index in [1.54, 1.807) is 30.5 Å². The Bertz CT molecular complexity index is 941. The fourth-order valence-electron chi connectivity index (χ4n) is 2.36. The third kappa shape index (κ3) is 4.20. The zero-order chi connectivity index (χ0) is 18.7. The van der Waals surface area contributed by atoms with Crippen molar-refractivity contribution in [1.82, 2.24) is 9.78 Å². The Labute approximate surface area is 164 Å². The lowest BCUT2D eigenvalue weighted by molar-refractivity contribution is 0.102. The molecular weight excluding hydrogens is 396 g/mol. The molecule has 0 saturated heterocycles. The maximum Gasteiger partial charge on any atom is 0.257 e. The summed E-state index contributed by atoms with van der Waals surface area (Å²) in [5.74, 6) is -0.742. The number of thioether (sulfide) groups is 1. The molecule has 2 aromatic carbocycles. The van der Waals surface area contributed by atoms with Crippen molar-refractivity contribution in [1.29, 1.82) is 0 Å². The van der Waals surface area contributed by atoms with Gasteiger partial charge < -0.3 is 5.32 Å². The highest BCUT2D eigenvalue weighted by Crippen LogP contribution is 2.24. The second-order valence-electron chi connectivity index (χ2n) is 5.43. The van der Waals surface area contributed by atoms with Crippen LogP contribution >= 0.6 is 35.0 Å². The molecule has 4 nitrogen and oxygen atoms in total. The first kappa shape index (κ1) is 18.8. The summed E-state index contributed by atoms with van der Waals surface area (Å²) in [6.45, 7) is 0.157. The van der Waals surface area contributed by atoms with Gasteiger partial charge in [-0.05, 0) is 36.6 Å². The van der Waals surface area contributed by atoms with Crippen molar-refractivity contribution < 1.29 is 9.18 Å². The zero-order valence-corrected chi connectivity index (χ0v) is 16.0. The number of benzene rings is 2. The van der Waals surface area contributed by atoms with E-state index in [2.05, 4.69) is 10.4 Å². The number of amides is 1. The predicted octanol–water partition coefficient (Wildman–Crippen LogP) is 5.35. The Morgan fingerprint density at radius 3 is 2.81 bits per heavy atom. The molecule has 134 valence electrons. The van der Waals surface area contributed by atoms with Gasteiger partial charge in [-0.3, -0.25) is 9.48 Å². The quantitative estimate of drug-likeness (QED) is 0.577. The number of carbonyl (C=O) groups excluding carboxylic acids is 1. The average molecular weight is 410 g/mol. The monoisotopic (exact) mass is 409 g/mol. The maximum absolute atomic E-state index is 13.9. The lowest BCUT2D eigenvalue weighted by Gasteiger charge is -2.07. The van der Waals surface area contributed by atoms with Gasteiger partial charge in [-0.15, -0.1) is 11.8 Å². The molecule has 0 radical (unpaired) electrons. The van der Waals surface area contributed by atoms with Gasteiger partial charge >= 0.3 is 0 Å². The van der Waals surface area contributed by atoms with E-state index in [1.165, 1.54) is 28.7 Å². The van der Waals surface area contributed by atoms with Crippen LogP contribution in [0.15, 0.2) is 53.7 Å². The smallest absolute Gasteiger partial charge is 0.257 e. The van der Waals surface area contributed by atoms with Gasteiger partial charge in [0.15, 0.2) is 0 Å². The van der Waals surface area contributed by atoms with E-state index in [9.17, 15) is 9.18 Å². The van der Waals surface area contributed by atoms with E-state index in [0.29, 0.717) is 26.9 Å². The van der Waals surface area contributed by atoms with Crippen LogP contribution in [0.2, 0.25) is 10.0 Å². The molecule has 0 aliphatic rings. The van der Waals surface area contributed by atoms with Gasteiger partial charge in [0, 0.05) is 21.7 Å². The van der Waals surface area contributed by atoms with Crippen LogP contribution in [0, 0.1) is 5.82 Å². The summed E-state index contributed by atoms with van der Waals surface area (Å²) in [6, 6.07) is 9.76. The molecule has 0 atom stereocenters. The van der Waals surface area contributed by atoms with Crippen molar-refractivity contribution in [2.75, 3.05) is 11.6 Å². The van der Waals surface area contributed by atoms with E-state index < -0.39 is 5.82 Å². The number of anilines is 1. The standard InChI is InChI=1S/C18H14Cl2FN3OS/c1-26-12-5-6-16(20)13(7-12)18(25)23-11-8-22-24(9-11)10-14-15(19)3-2-4-17(14)21/h2-9H,10H2,1H3,(H,23,25). The molecule has 0 spiro atoms. The van der Waals surface area contributed by atoms with Gasteiger partial charge in [0.05, 0.1) is 29.0 Å². The van der Waals surface area contributed by atoms with Crippen LogP contribution in [0.25, 0.3) is 0 Å². The highest BCUT2D eigenvalue weighted by molar-refractivity contribution is 7.98. The van der Waals surface area contributed by atoms with E-state index in [-0.39, 0.29) is 12.5 Å². The maximum atomic E-state index is 13.9. The summed E-state index contributed by atoms with van der Waals surface area (Å²) in [5.41, 5.74) is 1.20. The minimum Gasteiger partial charge on any atom is -0.319 e. The van der Waals surface area contributed by atoms with E-state index >= 15 is 0 Å². The molecule has 0 saturated carbocycles. The third-order valence-electron chi connectivity index (χ3n) is 3.69. The molecule has 3 aromatic rings. The SMILES string of the molecule is CSc1ccc(Cl)c(C(=O)Nc2cnn(Cc3c(F)cccc3Cl)c2)c1. The Morgan fingerprint density at radius 1 is 1.27 bits per heavy atom. The van der Waals surface area contributed by atoms with Gasteiger partial charge in [0.2, 0.25) is 0 Å². The summed E-state index contributed by atoms with van der Waals surface area (Å²) >= 11 is 13.7. The molecule has 0 bridgehead atoms. The number of hydrogen-bond donors (Lipinski definition) is 1. The lowest BCUT2D eigenvalue weighted by Crippen LogP contribution is -2.12. The van der Waals surface area contributed by atoms with E-state index in [1.807, 2.05) is 12.3 Å². The normalized spacial score (nSPS) is 10.8. The molecule has 0 fully saturated rings. The van der Waals surface area contributed by atoms with Gasteiger partial charge in [-0.2, -0.15) is 5.10 Å². The Hall–Kier alpha value is -2.02. The van der Waals surface area contributed by atoms with Gasteiger partial charge in [0.25, 0.3) is 5.91 Å². The number of nitrogens with one attached hydrogen (secondary N) is 1. The van der Waals surface area contributed by atoms with Crippen molar-refractivity contribution in [3.63, 3.8) is 0 Å². The van der Waals surface area contributed by atoms with Crippen LogP contribution in [0.5, 0.6) is 0 Å². The topological polar surface area (TPSA) is 46.9 Å². The molecule has 1 N–H and O–H groups in total. The fraction of sp³-hybridized carbons (Fsp3) is 0.111. The summed E-state index contributed by atoms with van der Waals surface area (Å²) in [7, 11) is 0. The summed E-state index contributed by atoms with van der Waals surface area (Å²) in [5, 5.41) is 7.57. The van der Waals surface area contributed by atoms with E-state index in [4.69, 9.17) is 23.2 Å². The summed E-state index contributed by atoms with van der Waals surface area (Å²) < 4.78 is 15.4. The second kappa shape index (κ2) is 8.12. The average Bonchev–Trinajstić information content (AvgIpc) is 3.05. The van der Waals surface area contributed by atoms with Crippen LogP contribution in [0.4, 0.5) is 10.1 Å². The first-order chi connectivity index (χ1) is 12.5. The van der Waals surface area contributed by atoms with Crippen LogP contribution in [-0.4, -0.2) is 21.9 Å². The Morgan fingerprint density at radius 2 is 2.08 bits per heavy atom. The molecule has 1 aromatic heterocycles. The number of aromatic nitrogens is 2. The van der Waals surface area contributed by atoms with Gasteiger partial charge in [0.1, 0.15) is 5.82 Å². The molecule has 8 heteroatoms. The molecular formula is C18H14Cl2FN3OS. The first-order valence-corrected chi connectivity index (χ1v) is 9.56. The molecule has 0 aliphatic heterocycles. The Balaban J connectivity index is 1.75. The van der Waals surface area contributed by atoms with Crippen LogP contribution < -0.4 is 5.32 Å². The number of hydrogen-bond acceptors (Lipinski definition) is 3. The van der Waals surface area contributed by atoms with Crippen molar-refractivity contribution in [2.45, 2.75) is 11.4 Å². The van der Waals surface area contributed by atoms with E-state index in [0.717, 1.165) is 4.90 Å². The Kier molecular flexibility index (Phi) is 5.86. The lowest BCUT2D eigenvalue weighted by atomic mass is 10.2. The molecule has 1 heterocycles. The van der Waals surface area contributed by atoms with Gasteiger partial charge in [-0.25, -0.2) is 4.39 Å². The number of rotatable bonds is 5. The van der Waals surface area contributed by atoms with Crippen LogP contribution in [-0.2, 0) is 6.54 Å². The zero-order valence-electron chi connectivity index (χ0n) is 13.7. The molecule has 0 unspecified atom stereocenters. The number of nitrogens with zero attached hydrogens (tertiary/aromatic N) is 2. The van der Waals surface area contributed by atoms with Crippen molar-refractivity contribution >= 4 is 46.6 Å². The summed E-state index contributed by atoms with van der Waals surface area (Å²) in [6.07, 6.45) is 5.01.